The van der Waals surface area contributed by atoms with Crippen molar-refractivity contribution in [1.82, 2.24) is 39.9 Å². The fourth-order valence-corrected chi connectivity index (χ4v) is 6.10. The summed E-state index contributed by atoms with van der Waals surface area (Å²) in [6, 6.07) is 0. The molecule has 2 aliphatic rings. The van der Waals surface area contributed by atoms with Gasteiger partial charge in [-0.15, -0.1) is 0 Å². The molecule has 291 valence electrons. The molecule has 0 aliphatic carbocycles. The van der Waals surface area contributed by atoms with E-state index in [-0.39, 0.29) is 0 Å². The average Bonchev–Trinajstić information content (AvgIpc) is 3.96. The predicted octanol–water partition coefficient (Wildman–Crippen LogP) is 8.23. The molecule has 8 bridgehead atoms. The Morgan fingerprint density at radius 2 is 0.431 bits per heavy atom. The molecule has 5 heterocycles. The van der Waals surface area contributed by atoms with Crippen LogP contribution in [0.3, 0.4) is 0 Å². The van der Waals surface area contributed by atoms with Gasteiger partial charge in [-0.05, 0) is 0 Å². The van der Waals surface area contributed by atoms with E-state index in [0.717, 1.165) is 17.4 Å². The Morgan fingerprint density at radius 3 is 0.621 bits per heavy atom. The first-order valence-electron chi connectivity index (χ1n) is 14.8. The van der Waals surface area contributed by atoms with Crippen LogP contribution in [0.4, 0.5) is 70.2 Å². The van der Waals surface area contributed by atoms with E-state index in [0.29, 0.717) is 0 Å². The second kappa shape index (κ2) is 13.0. The molecule has 0 saturated heterocycles. The monoisotopic (exact) mass is 867 g/mol. The fourth-order valence-electron chi connectivity index (χ4n) is 6.10. The standard InChI is InChI=1S/C32F16N8.O.V/c33-9-1-2(10(34)18(42)17(9)41)26-49-25(1)53-27-3-4(12(36)20(44)19(43)11(3)35)29(50-27)55-31-7-8(16(40)24(48)23(47)15(7)39)32(52-31)56-30-6-5(28(51-30)54-26)13(37)21(45)22(46)14(6)38;;/q-2;;+2. The number of halogens is 16. The van der Waals surface area contributed by atoms with Crippen LogP contribution >= 0.6 is 0 Å². The van der Waals surface area contributed by atoms with E-state index in [1.807, 2.05) is 0 Å². The molecule has 0 N–H and O–H groups in total. The molecule has 2 aliphatic heterocycles. The number of nitrogens with zero attached hydrogens (tertiary/aromatic N) is 8. The molecule has 4 aromatic carbocycles. The van der Waals surface area contributed by atoms with Crippen LogP contribution in [0.1, 0.15) is 0 Å². The average molecular weight is 867 g/mol. The first-order valence-corrected chi connectivity index (χ1v) is 15.4. The Morgan fingerprint density at radius 1 is 0.259 bits per heavy atom. The van der Waals surface area contributed by atoms with E-state index in [1.165, 1.54) is 0 Å². The summed E-state index contributed by atoms with van der Waals surface area (Å²) in [5.41, 5.74) is -11.8. The molecular formula is C32F16N8OV. The summed E-state index contributed by atoms with van der Waals surface area (Å²) in [6.07, 6.45) is 0. The van der Waals surface area contributed by atoms with E-state index < -0.39 is 183 Å². The van der Waals surface area contributed by atoms with Gasteiger partial charge in [0.2, 0.25) is 0 Å². The molecule has 0 unspecified atom stereocenters. The molecule has 7 aromatic rings. The molecule has 0 fully saturated rings. The SMILES string of the molecule is Fc1c(F)c(F)c2c(c1F)-c1nc-2nc2[n-]c(nc3nc(nc4[n-]c(n1)c1c(F)c(F)c(F)c(F)c41)-c1c(F)c(F)c(F)c(F)c1-3)c1c(F)c(F)c(F)c(F)c21.[O]=[V+2]. The van der Waals surface area contributed by atoms with Crippen molar-refractivity contribution in [3.05, 3.63) is 93.1 Å². The fraction of sp³-hybridized carbons (Fsp3) is 0. The molecule has 26 heteroatoms. The third-order valence-corrected chi connectivity index (χ3v) is 8.55. The normalized spacial score (nSPS) is 12.0. The first-order chi connectivity index (χ1) is 27.4. The quantitative estimate of drug-likeness (QED) is 0.0843. The second-order valence-electron chi connectivity index (χ2n) is 11.5. The maximum atomic E-state index is 15.4. The Bertz CT molecular complexity index is 2850. The van der Waals surface area contributed by atoms with Gasteiger partial charge in [0.05, 0.1) is 45.6 Å². The Labute approximate surface area is 313 Å². The van der Waals surface area contributed by atoms with Crippen LogP contribution in [0, 0.1) is 93.1 Å². The van der Waals surface area contributed by atoms with Gasteiger partial charge < -0.3 is 29.9 Å². The Hall–Kier alpha value is -6.50. The molecule has 9 nitrogen and oxygen atoms in total. The number of benzene rings is 4. The molecule has 0 amide bonds. The molecule has 0 atom stereocenters. The summed E-state index contributed by atoms with van der Waals surface area (Å²) < 4.78 is 248. The molecule has 58 heavy (non-hydrogen) atoms. The third kappa shape index (κ3) is 4.94. The van der Waals surface area contributed by atoms with Gasteiger partial charge in [0.15, 0.2) is 93.1 Å². The molecular weight excluding hydrogens is 867 g/mol. The van der Waals surface area contributed by atoms with Crippen molar-refractivity contribution in [2.24, 2.45) is 0 Å². The van der Waals surface area contributed by atoms with Crippen LogP contribution in [0.5, 0.6) is 0 Å². The van der Waals surface area contributed by atoms with E-state index in [9.17, 15) is 35.1 Å². The van der Waals surface area contributed by atoms with Gasteiger partial charge in [-0.2, -0.15) is 0 Å². The van der Waals surface area contributed by atoms with Crippen LogP contribution in [-0.2, 0) is 21.0 Å². The summed E-state index contributed by atoms with van der Waals surface area (Å²) in [7, 11) is 0. The third-order valence-electron chi connectivity index (χ3n) is 8.55. The van der Waals surface area contributed by atoms with Crippen molar-refractivity contribution < 1.29 is 91.3 Å². The minimum absolute atomic E-state index is 1.06. The zero-order valence-corrected chi connectivity index (χ0v) is 27.9. The van der Waals surface area contributed by atoms with Crippen molar-refractivity contribution in [2.75, 3.05) is 0 Å². The number of rotatable bonds is 0. The summed E-state index contributed by atoms with van der Waals surface area (Å²) in [4.78, 5) is 28.3. The number of hydrogen-bond donors (Lipinski definition) is 0. The van der Waals surface area contributed by atoms with Crippen LogP contribution in [0.15, 0.2) is 0 Å². The van der Waals surface area contributed by atoms with Crippen LogP contribution in [0.2, 0.25) is 0 Å². The zero-order valence-electron chi connectivity index (χ0n) is 26.5. The number of aromatic nitrogens is 8. The summed E-state index contributed by atoms with van der Waals surface area (Å²) >= 11 is 1.06. The van der Waals surface area contributed by atoms with E-state index >= 15 is 35.1 Å². The second-order valence-corrected chi connectivity index (χ2v) is 11.5. The van der Waals surface area contributed by atoms with Crippen LogP contribution < -0.4 is 9.97 Å². The Kier molecular flexibility index (Phi) is 8.62. The summed E-state index contributed by atoms with van der Waals surface area (Å²) in [5, 5.41) is -6.07. The van der Waals surface area contributed by atoms with Crippen LogP contribution in [-0.4, -0.2) is 29.9 Å². The van der Waals surface area contributed by atoms with E-state index in [1.54, 1.807) is 0 Å². The molecule has 0 saturated carbocycles. The maximum absolute atomic E-state index is 15.4. The van der Waals surface area contributed by atoms with Gasteiger partial charge in [0.1, 0.15) is 0 Å². The van der Waals surface area contributed by atoms with Gasteiger partial charge in [-0.1, -0.05) is 0 Å². The van der Waals surface area contributed by atoms with Crippen molar-refractivity contribution in [3.8, 4) is 45.6 Å². The van der Waals surface area contributed by atoms with Gasteiger partial charge in [0, 0.05) is 44.1 Å². The summed E-state index contributed by atoms with van der Waals surface area (Å²) in [5.74, 6) is -44.8. The first kappa shape index (κ1) is 38.4. The van der Waals surface area contributed by atoms with Crippen molar-refractivity contribution in [1.29, 1.82) is 0 Å². The predicted molar refractivity (Wildman–Crippen MR) is 154 cm³/mol. The zero-order chi connectivity index (χ0) is 42.1. The van der Waals surface area contributed by atoms with Crippen LogP contribution in [0.25, 0.3) is 89.7 Å². The minimum atomic E-state index is -2.55. The number of hydrogen-bond acceptors (Lipinski definition) is 7. The van der Waals surface area contributed by atoms with Crippen molar-refractivity contribution >= 4 is 44.1 Å². The van der Waals surface area contributed by atoms with Gasteiger partial charge >= 0.3 is 21.0 Å². The molecule has 0 radical (unpaired) electrons. The van der Waals surface area contributed by atoms with E-state index in [2.05, 4.69) is 39.9 Å². The summed E-state index contributed by atoms with van der Waals surface area (Å²) in [6.45, 7) is 0. The van der Waals surface area contributed by atoms with Gasteiger partial charge in [-0.25, -0.2) is 80.2 Å². The molecule has 0 spiro atoms. The molecule has 9 rings (SSSR count). The molecule has 3 aromatic heterocycles. The number of fused-ring (bicyclic) bond motifs is 20. The van der Waals surface area contributed by atoms with Gasteiger partial charge in [-0.3, -0.25) is 0 Å². The van der Waals surface area contributed by atoms with E-state index in [4.69, 9.17) is 3.67 Å². The van der Waals surface area contributed by atoms with Crippen molar-refractivity contribution in [3.63, 3.8) is 0 Å². The topological polar surface area (TPSA) is 123 Å². The van der Waals surface area contributed by atoms with Gasteiger partial charge in [0.25, 0.3) is 0 Å². The van der Waals surface area contributed by atoms with Crippen molar-refractivity contribution in [2.45, 2.75) is 0 Å². The Balaban J connectivity index is 0.00000231.